The summed E-state index contributed by atoms with van der Waals surface area (Å²) in [7, 11) is 0. The molecule has 0 radical (unpaired) electrons. The second-order valence-corrected chi connectivity index (χ2v) is 4.28. The second-order valence-electron chi connectivity index (χ2n) is 4.28. The Bertz CT molecular complexity index is 749. The fraction of sp³-hybridized carbons (Fsp3) is 0.0588. The lowest BCUT2D eigenvalue weighted by molar-refractivity contribution is -0.137. The Morgan fingerprint density at radius 3 is 2.36 bits per heavy atom. The van der Waals surface area contributed by atoms with E-state index in [0.717, 1.165) is 17.7 Å². The van der Waals surface area contributed by atoms with Gasteiger partial charge in [0, 0.05) is 0 Å². The topological polar surface area (TPSA) is 33.0 Å². The van der Waals surface area contributed by atoms with E-state index >= 15 is 0 Å². The molecule has 0 N–H and O–H groups in total. The van der Waals surface area contributed by atoms with Crippen molar-refractivity contribution in [2.24, 2.45) is 0 Å². The molecule has 0 heterocycles. The van der Waals surface area contributed by atoms with Crippen LogP contribution in [0.5, 0.6) is 11.5 Å². The minimum atomic E-state index is -4.40. The standard InChI is InChI=1S/C17H10F3NO/c18-17(19,20)14-5-3-6-16(12-14)22-15-9-7-13(8-10-15)4-1-2-11-21/h2-10,12H. The molecule has 2 aromatic carbocycles. The summed E-state index contributed by atoms with van der Waals surface area (Å²) in [5, 5.41) is 8.34. The maximum atomic E-state index is 12.6. The van der Waals surface area contributed by atoms with E-state index in [1.54, 1.807) is 30.3 Å². The van der Waals surface area contributed by atoms with E-state index < -0.39 is 11.7 Å². The number of alkyl halides is 3. The summed E-state index contributed by atoms with van der Waals surface area (Å²) in [5.41, 5.74) is 2.70. The number of allylic oxidation sites excluding steroid dienone is 1. The molecule has 5 heteroatoms. The van der Waals surface area contributed by atoms with E-state index in [-0.39, 0.29) is 5.75 Å². The van der Waals surface area contributed by atoms with Crippen LogP contribution in [0.15, 0.2) is 60.3 Å². The molecule has 0 bridgehead atoms. The molecule has 22 heavy (non-hydrogen) atoms. The summed E-state index contributed by atoms with van der Waals surface area (Å²) in [4.78, 5) is 0. The number of rotatable bonds is 3. The maximum Gasteiger partial charge on any atom is 0.416 e. The van der Waals surface area contributed by atoms with Crippen LogP contribution in [0.2, 0.25) is 0 Å². The number of ether oxygens (including phenoxy) is 1. The SMILES string of the molecule is N#CC=C=Cc1ccc(Oc2cccc(C(F)(F)F)c2)cc1. The third-order valence-electron chi connectivity index (χ3n) is 2.68. The highest BCUT2D eigenvalue weighted by atomic mass is 19.4. The molecule has 0 saturated heterocycles. The van der Waals surface area contributed by atoms with E-state index in [1.165, 1.54) is 18.2 Å². The minimum absolute atomic E-state index is 0.113. The molecule has 2 nitrogen and oxygen atoms in total. The van der Waals surface area contributed by atoms with Gasteiger partial charge in [0.25, 0.3) is 0 Å². The first-order valence-corrected chi connectivity index (χ1v) is 6.25. The molecule has 0 saturated carbocycles. The molecule has 0 aliphatic heterocycles. The monoisotopic (exact) mass is 301 g/mol. The summed E-state index contributed by atoms with van der Waals surface area (Å²) in [6, 6.07) is 13.2. The smallest absolute Gasteiger partial charge is 0.416 e. The fourth-order valence-corrected chi connectivity index (χ4v) is 1.68. The van der Waals surface area contributed by atoms with Crippen LogP contribution in [-0.4, -0.2) is 0 Å². The molecule has 2 aromatic rings. The number of hydrogen-bond donors (Lipinski definition) is 0. The van der Waals surface area contributed by atoms with Crippen molar-refractivity contribution in [2.45, 2.75) is 6.18 Å². The first-order valence-electron chi connectivity index (χ1n) is 6.25. The van der Waals surface area contributed by atoms with Crippen molar-refractivity contribution in [2.75, 3.05) is 0 Å². The highest BCUT2D eigenvalue weighted by Gasteiger charge is 2.30. The van der Waals surface area contributed by atoms with E-state index in [1.807, 2.05) is 6.07 Å². The van der Waals surface area contributed by atoms with Gasteiger partial charge in [-0.2, -0.15) is 18.4 Å². The van der Waals surface area contributed by atoms with Crippen molar-refractivity contribution in [1.29, 1.82) is 5.26 Å². The predicted molar refractivity (Wildman–Crippen MR) is 76.1 cm³/mol. The predicted octanol–water partition coefficient (Wildman–Crippen LogP) is 5.19. The Morgan fingerprint density at radius 2 is 1.73 bits per heavy atom. The van der Waals surface area contributed by atoms with Gasteiger partial charge >= 0.3 is 6.18 Å². The van der Waals surface area contributed by atoms with Crippen molar-refractivity contribution in [3.8, 4) is 17.6 Å². The second kappa shape index (κ2) is 6.66. The number of benzene rings is 2. The van der Waals surface area contributed by atoms with Crippen LogP contribution in [0, 0.1) is 11.3 Å². The molecule has 0 fully saturated rings. The zero-order chi connectivity index (χ0) is 16.0. The molecule has 0 unspecified atom stereocenters. The van der Waals surface area contributed by atoms with Gasteiger partial charge in [-0.15, -0.1) is 5.73 Å². The Hall–Kier alpha value is -2.96. The van der Waals surface area contributed by atoms with Gasteiger partial charge in [-0.1, -0.05) is 18.2 Å². The van der Waals surface area contributed by atoms with E-state index in [9.17, 15) is 13.2 Å². The summed E-state index contributed by atoms with van der Waals surface area (Å²) >= 11 is 0. The molecule has 0 spiro atoms. The molecule has 2 rings (SSSR count). The van der Waals surface area contributed by atoms with E-state index in [4.69, 9.17) is 10.00 Å². The summed E-state index contributed by atoms with van der Waals surface area (Å²) < 4.78 is 43.2. The van der Waals surface area contributed by atoms with Gasteiger partial charge in [0.2, 0.25) is 0 Å². The van der Waals surface area contributed by atoms with Crippen LogP contribution in [0.3, 0.4) is 0 Å². The van der Waals surface area contributed by atoms with Crippen molar-refractivity contribution in [1.82, 2.24) is 0 Å². The third kappa shape index (κ3) is 4.27. The Balaban J connectivity index is 2.15. The van der Waals surface area contributed by atoms with Crippen molar-refractivity contribution >= 4 is 6.08 Å². The molecule has 0 aliphatic carbocycles. The first-order chi connectivity index (χ1) is 10.5. The number of nitriles is 1. The minimum Gasteiger partial charge on any atom is -0.457 e. The average Bonchev–Trinajstić information content (AvgIpc) is 2.49. The van der Waals surface area contributed by atoms with Crippen molar-refractivity contribution in [3.05, 3.63) is 71.5 Å². The van der Waals surface area contributed by atoms with Gasteiger partial charge in [-0.3, -0.25) is 0 Å². The largest absolute Gasteiger partial charge is 0.457 e. The number of nitrogens with zero attached hydrogens (tertiary/aromatic N) is 1. The zero-order valence-corrected chi connectivity index (χ0v) is 11.3. The van der Waals surface area contributed by atoms with Crippen LogP contribution < -0.4 is 4.74 Å². The highest BCUT2D eigenvalue weighted by molar-refractivity contribution is 5.50. The van der Waals surface area contributed by atoms with Gasteiger partial charge < -0.3 is 4.74 Å². The fourth-order valence-electron chi connectivity index (χ4n) is 1.68. The summed E-state index contributed by atoms with van der Waals surface area (Å²) in [6.07, 6.45) is -1.58. The summed E-state index contributed by atoms with van der Waals surface area (Å²) in [5.74, 6) is 0.531. The van der Waals surface area contributed by atoms with Crippen LogP contribution in [0.1, 0.15) is 11.1 Å². The summed E-state index contributed by atoms with van der Waals surface area (Å²) in [6.45, 7) is 0. The first kappa shape index (κ1) is 15.4. The van der Waals surface area contributed by atoms with Crippen LogP contribution in [-0.2, 0) is 6.18 Å². The molecule has 0 aliphatic rings. The lowest BCUT2D eigenvalue weighted by Gasteiger charge is -2.10. The van der Waals surface area contributed by atoms with Gasteiger partial charge in [0.05, 0.1) is 17.7 Å². The van der Waals surface area contributed by atoms with Gasteiger partial charge in [-0.05, 0) is 42.0 Å². The Morgan fingerprint density at radius 1 is 1.00 bits per heavy atom. The number of halogens is 3. The molecular formula is C17H10F3NO. The lowest BCUT2D eigenvalue weighted by atomic mass is 10.2. The molecule has 0 amide bonds. The van der Waals surface area contributed by atoms with Crippen molar-refractivity contribution in [3.63, 3.8) is 0 Å². The quantitative estimate of drug-likeness (QED) is 0.577. The normalized spacial score (nSPS) is 10.3. The Kier molecular flexibility index (Phi) is 4.67. The molecular weight excluding hydrogens is 291 g/mol. The third-order valence-corrected chi connectivity index (χ3v) is 2.68. The lowest BCUT2D eigenvalue weighted by Crippen LogP contribution is -2.04. The average molecular weight is 301 g/mol. The van der Waals surface area contributed by atoms with E-state index in [2.05, 4.69) is 5.73 Å². The molecule has 0 atom stereocenters. The number of hydrogen-bond acceptors (Lipinski definition) is 2. The maximum absolute atomic E-state index is 12.6. The van der Waals surface area contributed by atoms with Gasteiger partial charge in [0.15, 0.2) is 0 Å². The van der Waals surface area contributed by atoms with Gasteiger partial charge in [0.1, 0.15) is 11.5 Å². The van der Waals surface area contributed by atoms with Gasteiger partial charge in [-0.25, -0.2) is 0 Å². The van der Waals surface area contributed by atoms with Crippen molar-refractivity contribution < 1.29 is 17.9 Å². The molecule has 110 valence electrons. The highest BCUT2D eigenvalue weighted by Crippen LogP contribution is 2.32. The molecule has 0 aromatic heterocycles. The van der Waals surface area contributed by atoms with E-state index in [0.29, 0.717) is 5.75 Å². The van der Waals surface area contributed by atoms with Crippen LogP contribution in [0.25, 0.3) is 6.08 Å². The Labute approximate surface area is 125 Å². The van der Waals surface area contributed by atoms with Crippen LogP contribution in [0.4, 0.5) is 13.2 Å². The zero-order valence-electron chi connectivity index (χ0n) is 11.3. The van der Waals surface area contributed by atoms with Crippen LogP contribution >= 0.6 is 0 Å².